The second-order valence-corrected chi connectivity index (χ2v) is 5.56. The van der Waals surface area contributed by atoms with Gasteiger partial charge in [-0.15, -0.1) is 0 Å². The van der Waals surface area contributed by atoms with Crippen LogP contribution in [0.3, 0.4) is 0 Å². The molecule has 1 N–H and O–H groups in total. The van der Waals surface area contributed by atoms with E-state index in [4.69, 9.17) is 4.74 Å². The van der Waals surface area contributed by atoms with Gasteiger partial charge in [0.05, 0.1) is 7.11 Å². The van der Waals surface area contributed by atoms with Crippen LogP contribution >= 0.6 is 0 Å². The zero-order chi connectivity index (χ0) is 13.7. The van der Waals surface area contributed by atoms with Crippen molar-refractivity contribution in [3.8, 4) is 5.88 Å². The molecule has 0 aliphatic carbocycles. The highest BCUT2D eigenvalue weighted by Crippen LogP contribution is 2.12. The molecule has 1 fully saturated rings. The number of likely N-dealkylation sites (tertiary alicyclic amines) is 1. The highest BCUT2D eigenvalue weighted by atomic mass is 16.5. The first-order valence-electron chi connectivity index (χ1n) is 7.11. The number of aromatic nitrogens is 1. The van der Waals surface area contributed by atoms with Gasteiger partial charge < -0.3 is 15.0 Å². The first-order valence-corrected chi connectivity index (χ1v) is 7.11. The smallest absolute Gasteiger partial charge is 0.212 e. The minimum Gasteiger partial charge on any atom is -0.481 e. The largest absolute Gasteiger partial charge is 0.481 e. The van der Waals surface area contributed by atoms with Crippen molar-refractivity contribution in [3.05, 3.63) is 23.9 Å². The fourth-order valence-electron chi connectivity index (χ4n) is 2.64. The Morgan fingerprint density at radius 2 is 2.16 bits per heavy atom. The lowest BCUT2D eigenvalue weighted by molar-refractivity contribution is 0.226. The summed E-state index contributed by atoms with van der Waals surface area (Å²) >= 11 is 0. The summed E-state index contributed by atoms with van der Waals surface area (Å²) in [6.07, 6.45) is 5.43. The second-order valence-electron chi connectivity index (χ2n) is 5.56. The molecule has 106 valence electrons. The average molecular weight is 263 g/mol. The van der Waals surface area contributed by atoms with E-state index in [-0.39, 0.29) is 0 Å². The summed E-state index contributed by atoms with van der Waals surface area (Å²) in [6.45, 7) is 4.66. The summed E-state index contributed by atoms with van der Waals surface area (Å²) < 4.78 is 5.07. The third kappa shape index (κ3) is 4.48. The Hall–Kier alpha value is -1.13. The van der Waals surface area contributed by atoms with E-state index in [1.807, 2.05) is 12.3 Å². The summed E-state index contributed by atoms with van der Waals surface area (Å²) in [7, 11) is 3.84. The third-order valence-corrected chi connectivity index (χ3v) is 3.79. The Labute approximate surface area is 116 Å². The number of pyridine rings is 1. The van der Waals surface area contributed by atoms with Gasteiger partial charge in [0.15, 0.2) is 0 Å². The lowest BCUT2D eigenvalue weighted by Gasteiger charge is -2.31. The van der Waals surface area contributed by atoms with Crippen LogP contribution in [0.25, 0.3) is 0 Å². The predicted octanol–water partition coefficient (Wildman–Crippen LogP) is 1.70. The van der Waals surface area contributed by atoms with E-state index in [2.05, 4.69) is 35.2 Å². The molecule has 0 aromatic carbocycles. The van der Waals surface area contributed by atoms with Gasteiger partial charge in [0.2, 0.25) is 5.88 Å². The quantitative estimate of drug-likeness (QED) is 0.877. The highest BCUT2D eigenvalue weighted by molar-refractivity contribution is 5.18. The molecule has 4 heteroatoms. The number of ether oxygens (including phenoxy) is 1. The SMILES string of the molecule is COc1ccc(CC(C)NC2CCN(C)CC2)cn1. The molecular weight excluding hydrogens is 238 g/mol. The molecule has 0 radical (unpaired) electrons. The van der Waals surface area contributed by atoms with Crippen LogP contribution < -0.4 is 10.1 Å². The van der Waals surface area contributed by atoms with E-state index in [0.29, 0.717) is 18.0 Å². The standard InChI is InChI=1S/C15H25N3O/c1-12(17-14-6-8-18(2)9-7-14)10-13-4-5-15(19-3)16-11-13/h4-5,11-12,14,17H,6-10H2,1-3H3. The molecule has 1 aromatic rings. The number of nitrogens with zero attached hydrogens (tertiary/aromatic N) is 2. The highest BCUT2D eigenvalue weighted by Gasteiger charge is 2.18. The van der Waals surface area contributed by atoms with Crippen LogP contribution in [0.2, 0.25) is 0 Å². The normalized spacial score (nSPS) is 19.3. The van der Waals surface area contributed by atoms with Crippen molar-refractivity contribution in [2.45, 2.75) is 38.3 Å². The molecule has 1 saturated heterocycles. The van der Waals surface area contributed by atoms with E-state index in [1.54, 1.807) is 7.11 Å². The molecule has 19 heavy (non-hydrogen) atoms. The van der Waals surface area contributed by atoms with Crippen LogP contribution in [0, 0.1) is 0 Å². The maximum Gasteiger partial charge on any atom is 0.212 e. The van der Waals surface area contributed by atoms with Crippen molar-refractivity contribution in [1.29, 1.82) is 0 Å². The Morgan fingerprint density at radius 3 is 2.74 bits per heavy atom. The first-order chi connectivity index (χ1) is 9.17. The number of nitrogens with one attached hydrogen (secondary N) is 1. The van der Waals surface area contributed by atoms with Crippen LogP contribution in [0.1, 0.15) is 25.3 Å². The minimum absolute atomic E-state index is 0.489. The monoisotopic (exact) mass is 263 g/mol. The van der Waals surface area contributed by atoms with Gasteiger partial charge in [-0.1, -0.05) is 6.07 Å². The molecule has 1 unspecified atom stereocenters. The molecule has 1 atom stereocenters. The molecular formula is C15H25N3O. The minimum atomic E-state index is 0.489. The molecule has 0 saturated carbocycles. The van der Waals surface area contributed by atoms with Crippen LogP contribution in [0.4, 0.5) is 0 Å². The van der Waals surface area contributed by atoms with Gasteiger partial charge in [-0.2, -0.15) is 0 Å². The Balaban J connectivity index is 1.78. The van der Waals surface area contributed by atoms with Gasteiger partial charge in [-0.25, -0.2) is 4.98 Å². The maximum atomic E-state index is 5.07. The van der Waals surface area contributed by atoms with Gasteiger partial charge in [0.1, 0.15) is 0 Å². The number of hydrogen-bond donors (Lipinski definition) is 1. The summed E-state index contributed by atoms with van der Waals surface area (Å²) in [4.78, 5) is 6.65. The van der Waals surface area contributed by atoms with Gasteiger partial charge in [0, 0.05) is 24.3 Å². The summed E-state index contributed by atoms with van der Waals surface area (Å²) in [5, 5.41) is 3.73. The van der Waals surface area contributed by atoms with Gasteiger partial charge in [-0.3, -0.25) is 0 Å². The Kier molecular flexibility index (Phi) is 5.16. The van der Waals surface area contributed by atoms with Crippen LogP contribution in [-0.2, 0) is 6.42 Å². The maximum absolute atomic E-state index is 5.07. The summed E-state index contributed by atoms with van der Waals surface area (Å²) in [5.74, 6) is 0.680. The average Bonchev–Trinajstić information content (AvgIpc) is 2.42. The van der Waals surface area contributed by atoms with E-state index >= 15 is 0 Å². The number of piperidine rings is 1. The van der Waals surface area contributed by atoms with Crippen molar-refractivity contribution >= 4 is 0 Å². The fraction of sp³-hybridized carbons (Fsp3) is 0.667. The first kappa shape index (κ1) is 14.3. The zero-order valence-electron chi connectivity index (χ0n) is 12.2. The van der Waals surface area contributed by atoms with Gasteiger partial charge >= 0.3 is 0 Å². The van der Waals surface area contributed by atoms with Crippen LogP contribution in [-0.4, -0.2) is 49.2 Å². The fourth-order valence-corrected chi connectivity index (χ4v) is 2.64. The Bertz CT molecular complexity index is 371. The van der Waals surface area contributed by atoms with Crippen molar-refractivity contribution in [2.75, 3.05) is 27.2 Å². The van der Waals surface area contributed by atoms with E-state index in [0.717, 1.165) is 6.42 Å². The molecule has 2 rings (SSSR count). The Morgan fingerprint density at radius 1 is 1.42 bits per heavy atom. The zero-order valence-corrected chi connectivity index (χ0v) is 12.2. The van der Waals surface area contributed by atoms with Gasteiger partial charge in [0.25, 0.3) is 0 Å². The van der Waals surface area contributed by atoms with Crippen molar-refractivity contribution < 1.29 is 4.74 Å². The van der Waals surface area contributed by atoms with E-state index in [1.165, 1.54) is 31.5 Å². The molecule has 4 nitrogen and oxygen atoms in total. The number of hydrogen-bond acceptors (Lipinski definition) is 4. The van der Waals surface area contributed by atoms with Crippen molar-refractivity contribution in [3.63, 3.8) is 0 Å². The summed E-state index contributed by atoms with van der Waals surface area (Å²) in [6, 6.07) is 5.18. The molecule has 1 aliphatic heterocycles. The molecule has 1 aromatic heterocycles. The molecule has 0 bridgehead atoms. The second kappa shape index (κ2) is 6.87. The van der Waals surface area contributed by atoms with E-state index in [9.17, 15) is 0 Å². The number of methoxy groups -OCH3 is 1. The lowest BCUT2D eigenvalue weighted by atomic mass is 10.0. The topological polar surface area (TPSA) is 37.4 Å². The van der Waals surface area contributed by atoms with E-state index < -0.39 is 0 Å². The molecule has 0 spiro atoms. The predicted molar refractivity (Wildman–Crippen MR) is 77.6 cm³/mol. The molecule has 0 amide bonds. The third-order valence-electron chi connectivity index (χ3n) is 3.79. The number of rotatable bonds is 5. The van der Waals surface area contributed by atoms with Crippen molar-refractivity contribution in [2.24, 2.45) is 0 Å². The van der Waals surface area contributed by atoms with Crippen LogP contribution in [0.15, 0.2) is 18.3 Å². The van der Waals surface area contributed by atoms with Crippen LogP contribution in [0.5, 0.6) is 5.88 Å². The summed E-state index contributed by atoms with van der Waals surface area (Å²) in [5.41, 5.74) is 1.26. The molecule has 2 heterocycles. The lowest BCUT2D eigenvalue weighted by Crippen LogP contribution is -2.44. The molecule has 1 aliphatic rings. The van der Waals surface area contributed by atoms with Crippen molar-refractivity contribution in [1.82, 2.24) is 15.2 Å². The van der Waals surface area contributed by atoms with Gasteiger partial charge in [-0.05, 0) is 51.9 Å².